The molecule has 0 radical (unpaired) electrons. The van der Waals surface area contributed by atoms with Crippen molar-refractivity contribution in [3.8, 4) is 0 Å². The smallest absolute Gasteiger partial charge is 0.243 e. The van der Waals surface area contributed by atoms with Crippen molar-refractivity contribution in [1.29, 1.82) is 0 Å². The second-order valence-corrected chi connectivity index (χ2v) is 2.65. The Labute approximate surface area is 64.4 Å². The van der Waals surface area contributed by atoms with Crippen LogP contribution in [0.25, 0.3) is 0 Å². The average molecular weight is 151 g/mol. The summed E-state index contributed by atoms with van der Waals surface area (Å²) in [6.07, 6.45) is 3.66. The van der Waals surface area contributed by atoms with Crippen molar-refractivity contribution >= 4 is 12.1 Å². The zero-order valence-electron chi connectivity index (χ0n) is 6.00. The summed E-state index contributed by atoms with van der Waals surface area (Å²) in [7, 11) is 0. The van der Waals surface area contributed by atoms with Crippen LogP contribution in [-0.4, -0.2) is 25.2 Å². The van der Waals surface area contributed by atoms with E-state index in [0.717, 1.165) is 12.1 Å². The molecule has 4 nitrogen and oxygen atoms in total. The van der Waals surface area contributed by atoms with E-state index in [9.17, 15) is 4.79 Å². The summed E-state index contributed by atoms with van der Waals surface area (Å²) in [5.41, 5.74) is 6.51. The Morgan fingerprint density at radius 1 is 1.64 bits per heavy atom. The van der Waals surface area contributed by atoms with E-state index in [1.807, 2.05) is 6.08 Å². The Kier molecular flexibility index (Phi) is 1.47. The summed E-state index contributed by atoms with van der Waals surface area (Å²) in [5, 5.41) is 0. The summed E-state index contributed by atoms with van der Waals surface area (Å²) in [4.78, 5) is 15.2. The fourth-order valence-electron chi connectivity index (χ4n) is 1.30. The van der Waals surface area contributed by atoms with Crippen LogP contribution in [0.15, 0.2) is 16.6 Å². The molecule has 0 aromatic rings. The maximum absolute atomic E-state index is 11.1. The third kappa shape index (κ3) is 1.05. The van der Waals surface area contributed by atoms with E-state index >= 15 is 0 Å². The fraction of sp³-hybridized carbons (Fsp3) is 0.429. The lowest BCUT2D eigenvalue weighted by atomic mass is 9.95. The normalized spacial score (nSPS) is 28.9. The molecular weight excluding hydrogens is 142 g/mol. The molecule has 0 aromatic carbocycles. The third-order valence-electron chi connectivity index (χ3n) is 1.95. The Balaban J connectivity index is 2.24. The summed E-state index contributed by atoms with van der Waals surface area (Å²) in [6.45, 7) is 1.34. The first-order valence-electron chi connectivity index (χ1n) is 3.59. The summed E-state index contributed by atoms with van der Waals surface area (Å²) < 4.78 is 0. The van der Waals surface area contributed by atoms with Crippen molar-refractivity contribution in [3.63, 3.8) is 0 Å². The monoisotopic (exact) mass is 151 g/mol. The molecule has 2 heterocycles. The van der Waals surface area contributed by atoms with Crippen LogP contribution >= 0.6 is 0 Å². The quantitative estimate of drug-likeness (QED) is 0.478. The lowest BCUT2D eigenvalue weighted by Crippen LogP contribution is -2.50. The Morgan fingerprint density at radius 2 is 2.55 bits per heavy atom. The lowest BCUT2D eigenvalue weighted by Gasteiger charge is -2.25. The fourth-order valence-corrected chi connectivity index (χ4v) is 1.30. The largest absolute Gasteiger partial charge is 0.292 e. The van der Waals surface area contributed by atoms with E-state index in [-0.39, 0.29) is 11.8 Å². The average Bonchev–Trinajstić information content (AvgIpc) is 2.06. The highest BCUT2D eigenvalue weighted by molar-refractivity contribution is 5.86. The Bertz CT molecular complexity index is 244. The molecule has 2 N–H and O–H groups in total. The number of nitrogens with zero attached hydrogens (tertiary/aromatic N) is 1. The number of hydrogen-bond acceptors (Lipinski definition) is 3. The molecule has 0 aliphatic carbocycles. The highest BCUT2D eigenvalue weighted by Crippen LogP contribution is 2.15. The summed E-state index contributed by atoms with van der Waals surface area (Å²) in [5.74, 6) is 0.000556. The van der Waals surface area contributed by atoms with Gasteiger partial charge in [0.15, 0.2) is 0 Å². The maximum atomic E-state index is 11.1. The van der Waals surface area contributed by atoms with E-state index in [1.54, 1.807) is 6.21 Å². The van der Waals surface area contributed by atoms with E-state index < -0.39 is 0 Å². The zero-order valence-corrected chi connectivity index (χ0v) is 6.00. The molecule has 0 saturated carbocycles. The highest BCUT2D eigenvalue weighted by atomic mass is 16.2. The molecule has 0 aromatic heterocycles. The van der Waals surface area contributed by atoms with Gasteiger partial charge < -0.3 is 0 Å². The van der Waals surface area contributed by atoms with Crippen LogP contribution in [0, 0.1) is 5.92 Å². The Morgan fingerprint density at radius 3 is 3.36 bits per heavy atom. The van der Waals surface area contributed by atoms with Crippen LogP contribution in [0.1, 0.15) is 0 Å². The van der Waals surface area contributed by atoms with Crippen LogP contribution in [0.5, 0.6) is 0 Å². The SMILES string of the molecule is O=C1NNCC2=CC=NCC12. The first kappa shape index (κ1) is 6.54. The van der Waals surface area contributed by atoms with Crippen molar-refractivity contribution in [3.05, 3.63) is 11.6 Å². The standard InChI is InChI=1S/C7H9N3O/c11-7-6-4-8-2-1-5(6)3-9-10-7/h1-2,6,9H,3-4H2,(H,10,11). The molecule has 58 valence electrons. The second-order valence-electron chi connectivity index (χ2n) is 2.65. The number of nitrogens with one attached hydrogen (secondary N) is 2. The lowest BCUT2D eigenvalue weighted by molar-refractivity contribution is -0.125. The molecule has 1 unspecified atom stereocenters. The highest BCUT2D eigenvalue weighted by Gasteiger charge is 2.26. The van der Waals surface area contributed by atoms with E-state index in [2.05, 4.69) is 15.8 Å². The molecule has 1 amide bonds. The van der Waals surface area contributed by atoms with Gasteiger partial charge in [-0.25, -0.2) is 5.43 Å². The van der Waals surface area contributed by atoms with Gasteiger partial charge in [0.05, 0.1) is 12.5 Å². The van der Waals surface area contributed by atoms with Gasteiger partial charge in [0.25, 0.3) is 0 Å². The summed E-state index contributed by atoms with van der Waals surface area (Å²) in [6, 6.07) is 0. The second kappa shape index (κ2) is 2.47. The van der Waals surface area contributed by atoms with Crippen LogP contribution in [0.3, 0.4) is 0 Å². The van der Waals surface area contributed by atoms with Crippen LogP contribution in [0.4, 0.5) is 0 Å². The van der Waals surface area contributed by atoms with E-state index in [1.165, 1.54) is 0 Å². The number of carbonyl (C=O) groups is 1. The number of hydrogen-bond donors (Lipinski definition) is 2. The van der Waals surface area contributed by atoms with Crippen molar-refractivity contribution in [2.24, 2.45) is 10.9 Å². The van der Waals surface area contributed by atoms with Gasteiger partial charge in [-0.3, -0.25) is 15.2 Å². The van der Waals surface area contributed by atoms with Crippen molar-refractivity contribution in [2.75, 3.05) is 13.1 Å². The third-order valence-corrected chi connectivity index (χ3v) is 1.95. The van der Waals surface area contributed by atoms with Crippen LogP contribution in [-0.2, 0) is 4.79 Å². The van der Waals surface area contributed by atoms with Gasteiger partial charge in [-0.2, -0.15) is 0 Å². The predicted molar refractivity (Wildman–Crippen MR) is 41.1 cm³/mol. The number of rotatable bonds is 0. The van der Waals surface area contributed by atoms with E-state index in [4.69, 9.17) is 0 Å². The first-order valence-corrected chi connectivity index (χ1v) is 3.59. The number of hydrazine groups is 1. The van der Waals surface area contributed by atoms with Gasteiger partial charge in [-0.1, -0.05) is 0 Å². The molecule has 1 atom stereocenters. The van der Waals surface area contributed by atoms with Gasteiger partial charge in [-0.05, 0) is 11.6 Å². The van der Waals surface area contributed by atoms with Gasteiger partial charge in [0.2, 0.25) is 5.91 Å². The number of fused-ring (bicyclic) bond motifs is 1. The Hall–Kier alpha value is -1.16. The molecular formula is C7H9N3O. The van der Waals surface area contributed by atoms with Crippen LogP contribution < -0.4 is 10.9 Å². The molecule has 2 rings (SSSR count). The molecule has 0 spiro atoms. The van der Waals surface area contributed by atoms with Gasteiger partial charge in [-0.15, -0.1) is 0 Å². The molecule has 11 heavy (non-hydrogen) atoms. The van der Waals surface area contributed by atoms with Gasteiger partial charge >= 0.3 is 0 Å². The van der Waals surface area contributed by atoms with Gasteiger partial charge in [0.1, 0.15) is 0 Å². The number of allylic oxidation sites excluding steroid dienone is 1. The molecule has 1 saturated heterocycles. The molecule has 2 aliphatic heterocycles. The number of carbonyl (C=O) groups excluding carboxylic acids is 1. The van der Waals surface area contributed by atoms with Crippen LogP contribution in [0.2, 0.25) is 0 Å². The zero-order chi connectivity index (χ0) is 7.68. The number of dihydropyridines is 1. The van der Waals surface area contributed by atoms with Crippen molar-refractivity contribution in [2.45, 2.75) is 0 Å². The minimum Gasteiger partial charge on any atom is -0.292 e. The topological polar surface area (TPSA) is 53.5 Å². The number of aliphatic imine (C=N–C) groups is 1. The first-order chi connectivity index (χ1) is 5.38. The molecule has 4 heteroatoms. The minimum atomic E-state index is -0.0266. The number of amides is 1. The van der Waals surface area contributed by atoms with E-state index in [0.29, 0.717) is 6.54 Å². The molecule has 0 bridgehead atoms. The van der Waals surface area contributed by atoms with Gasteiger partial charge in [0, 0.05) is 12.8 Å². The summed E-state index contributed by atoms with van der Waals surface area (Å²) >= 11 is 0. The predicted octanol–water partition coefficient (Wildman–Crippen LogP) is -0.752. The minimum absolute atomic E-state index is 0.0266. The van der Waals surface area contributed by atoms with Crippen molar-refractivity contribution in [1.82, 2.24) is 10.9 Å². The molecule has 1 fully saturated rings. The van der Waals surface area contributed by atoms with Crippen molar-refractivity contribution < 1.29 is 4.79 Å². The maximum Gasteiger partial charge on any atom is 0.243 e. The molecule has 2 aliphatic rings.